The molecule has 1 aromatic heterocycles. The van der Waals surface area contributed by atoms with Crippen molar-refractivity contribution in [3.8, 4) is 5.75 Å². The van der Waals surface area contributed by atoms with Gasteiger partial charge in [0.1, 0.15) is 41.7 Å². The van der Waals surface area contributed by atoms with Crippen LogP contribution in [-0.2, 0) is 38.2 Å². The highest BCUT2D eigenvalue weighted by Gasteiger charge is 2.39. The lowest BCUT2D eigenvalue weighted by atomic mass is 9.96. The standard InChI is InChI=1S/C50H77N7O13/c1-30(2)42(45(62)52-27-39(58)55-43(32(4)69-49(5,6)7)46(63)57-24-16-19-34(57)28-67-48(65)53-33-17-12-11-13-18-33)56-44(61)37(20-14-15-23-51-47(64)70-50(8,9)10)54-40(59)29-66-35-21-22-38-36(26-35)31(3)25-41(60)68-38/h21-22,25-26,30,32-34,37,42-43H,11-20,23-24,27-29H2,1-10H3,(H,51,64)(H,52,62)(H,53,65)(H,54,59)(H,55,58)(H,56,61)/t32-,34+,37+,42+,43+/m1/s1. The van der Waals surface area contributed by atoms with Crippen molar-refractivity contribution in [1.29, 1.82) is 0 Å². The summed E-state index contributed by atoms with van der Waals surface area (Å²) >= 11 is 0. The summed E-state index contributed by atoms with van der Waals surface area (Å²) in [6.45, 7) is 17.2. The van der Waals surface area contributed by atoms with Gasteiger partial charge in [-0.3, -0.25) is 24.0 Å². The minimum Gasteiger partial charge on any atom is -0.484 e. The zero-order valence-electron chi connectivity index (χ0n) is 42.7. The number of fused-ring (bicyclic) bond motifs is 1. The number of aryl methyl sites for hydroxylation is 1. The van der Waals surface area contributed by atoms with E-state index in [1.165, 1.54) is 6.07 Å². The smallest absolute Gasteiger partial charge is 0.407 e. The number of carbonyl (C=O) groups excluding carboxylic acids is 7. The first-order valence-electron chi connectivity index (χ1n) is 24.6. The van der Waals surface area contributed by atoms with E-state index in [1.54, 1.807) is 71.6 Å². The van der Waals surface area contributed by atoms with Crippen LogP contribution in [0, 0.1) is 12.8 Å². The van der Waals surface area contributed by atoms with Crippen molar-refractivity contribution in [2.75, 3.05) is 32.8 Å². The van der Waals surface area contributed by atoms with E-state index in [4.69, 9.17) is 23.4 Å². The van der Waals surface area contributed by atoms with E-state index >= 15 is 0 Å². The molecule has 0 unspecified atom stereocenters. The van der Waals surface area contributed by atoms with Crippen LogP contribution in [0.5, 0.6) is 5.75 Å². The fraction of sp³-hybridized carbons (Fsp3) is 0.680. The Kier molecular flexibility index (Phi) is 21.3. The maximum Gasteiger partial charge on any atom is 0.407 e. The fourth-order valence-electron chi connectivity index (χ4n) is 8.42. The number of carbonyl (C=O) groups is 7. The van der Waals surface area contributed by atoms with E-state index < -0.39 is 108 Å². The summed E-state index contributed by atoms with van der Waals surface area (Å²) in [5, 5.41) is 17.0. The Morgan fingerprint density at radius 1 is 0.786 bits per heavy atom. The number of hydrogen-bond donors (Lipinski definition) is 6. The minimum absolute atomic E-state index is 0.00459. The van der Waals surface area contributed by atoms with Gasteiger partial charge in [0, 0.05) is 30.6 Å². The number of alkyl carbamates (subject to hydrolysis) is 2. The maximum absolute atomic E-state index is 14.2. The zero-order valence-corrected chi connectivity index (χ0v) is 42.7. The molecule has 20 nitrogen and oxygen atoms in total. The second-order valence-corrected chi connectivity index (χ2v) is 20.6. The highest BCUT2D eigenvalue weighted by molar-refractivity contribution is 5.95. The van der Waals surface area contributed by atoms with Crippen LogP contribution in [0.4, 0.5) is 9.59 Å². The van der Waals surface area contributed by atoms with Gasteiger partial charge < -0.3 is 60.2 Å². The SMILES string of the molecule is Cc1cc(=O)oc2ccc(OCC(=O)N[C@@H](CCCCNC(=O)OC(C)(C)C)C(=O)N[C@H](C(=O)NCC(=O)N[C@H](C(=O)N3CCC[C@H]3COC(=O)NC3CCCCC3)[C@@H](C)OC(C)(C)C)C(C)C)cc12. The van der Waals surface area contributed by atoms with Gasteiger partial charge in [0.2, 0.25) is 23.6 Å². The first-order chi connectivity index (χ1) is 32.9. The molecule has 7 amide bonds. The molecule has 20 heteroatoms. The highest BCUT2D eigenvalue weighted by Crippen LogP contribution is 2.24. The lowest BCUT2D eigenvalue weighted by molar-refractivity contribution is -0.146. The molecule has 1 saturated heterocycles. The van der Waals surface area contributed by atoms with Gasteiger partial charge in [-0.05, 0) is 130 Å². The Bertz CT molecular complexity index is 2180. The molecule has 6 N–H and O–H groups in total. The summed E-state index contributed by atoms with van der Waals surface area (Å²) < 4.78 is 28.0. The lowest BCUT2D eigenvalue weighted by Crippen LogP contribution is -2.59. The summed E-state index contributed by atoms with van der Waals surface area (Å²) in [6.07, 6.45) is 5.36. The zero-order chi connectivity index (χ0) is 51.8. The molecule has 70 heavy (non-hydrogen) atoms. The first kappa shape index (κ1) is 56.7. The van der Waals surface area contributed by atoms with Crippen LogP contribution >= 0.6 is 0 Å². The van der Waals surface area contributed by atoms with Gasteiger partial charge in [-0.25, -0.2) is 14.4 Å². The number of amides is 7. The summed E-state index contributed by atoms with van der Waals surface area (Å²) in [7, 11) is 0. The Morgan fingerprint density at radius 2 is 1.50 bits per heavy atom. The van der Waals surface area contributed by atoms with Crippen LogP contribution in [0.2, 0.25) is 0 Å². The third-order valence-corrected chi connectivity index (χ3v) is 11.8. The van der Waals surface area contributed by atoms with Gasteiger partial charge in [-0.15, -0.1) is 0 Å². The first-order valence-corrected chi connectivity index (χ1v) is 24.6. The Hall–Kier alpha value is -5.92. The van der Waals surface area contributed by atoms with Crippen LogP contribution in [0.15, 0.2) is 33.5 Å². The van der Waals surface area contributed by atoms with E-state index in [-0.39, 0.29) is 25.6 Å². The fourth-order valence-corrected chi connectivity index (χ4v) is 8.42. The molecule has 1 saturated carbocycles. The Morgan fingerprint density at radius 3 is 2.17 bits per heavy atom. The van der Waals surface area contributed by atoms with E-state index in [9.17, 15) is 38.4 Å². The topological polar surface area (TPSA) is 262 Å². The lowest BCUT2D eigenvalue weighted by Gasteiger charge is -2.34. The molecule has 0 bridgehead atoms. The number of nitrogens with zero attached hydrogens (tertiary/aromatic N) is 1. The number of hydrogen-bond acceptors (Lipinski definition) is 13. The molecule has 390 valence electrons. The van der Waals surface area contributed by atoms with Gasteiger partial charge in [0.25, 0.3) is 5.91 Å². The summed E-state index contributed by atoms with van der Waals surface area (Å²) in [5.41, 5.74) is -0.840. The number of rotatable bonds is 22. The predicted molar refractivity (Wildman–Crippen MR) is 261 cm³/mol. The molecule has 1 aliphatic carbocycles. The average Bonchev–Trinajstić information content (AvgIpc) is 3.75. The number of likely N-dealkylation sites (tertiary alicyclic amines) is 1. The van der Waals surface area contributed by atoms with E-state index in [0.29, 0.717) is 54.5 Å². The van der Waals surface area contributed by atoms with Gasteiger partial charge >= 0.3 is 17.8 Å². The van der Waals surface area contributed by atoms with E-state index in [2.05, 4.69) is 31.9 Å². The van der Waals surface area contributed by atoms with Crippen molar-refractivity contribution in [2.24, 2.45) is 5.92 Å². The quantitative estimate of drug-likeness (QED) is 0.0694. The van der Waals surface area contributed by atoms with Crippen LogP contribution in [0.25, 0.3) is 11.0 Å². The molecule has 2 heterocycles. The van der Waals surface area contributed by atoms with E-state index in [0.717, 1.165) is 32.1 Å². The average molecular weight is 984 g/mol. The molecule has 1 aromatic carbocycles. The summed E-state index contributed by atoms with van der Waals surface area (Å²) in [6, 6.07) is 2.32. The third-order valence-electron chi connectivity index (χ3n) is 11.8. The van der Waals surface area contributed by atoms with Crippen molar-refractivity contribution >= 4 is 52.7 Å². The van der Waals surface area contributed by atoms with Crippen molar-refractivity contribution in [1.82, 2.24) is 36.8 Å². The van der Waals surface area contributed by atoms with E-state index in [1.807, 2.05) is 20.8 Å². The highest BCUT2D eigenvalue weighted by atomic mass is 16.6. The molecule has 2 aliphatic rings. The molecule has 1 aliphatic heterocycles. The second kappa shape index (κ2) is 26.3. The van der Waals surface area contributed by atoms with Crippen molar-refractivity contribution in [3.05, 3.63) is 40.2 Å². The molecule has 0 radical (unpaired) electrons. The molecule has 2 aromatic rings. The maximum atomic E-state index is 14.2. The van der Waals surface area contributed by atoms with Gasteiger partial charge in [0.05, 0.1) is 24.3 Å². The summed E-state index contributed by atoms with van der Waals surface area (Å²) in [4.78, 5) is 107. The molecule has 4 rings (SSSR count). The number of benzene rings is 1. The monoisotopic (exact) mass is 984 g/mol. The molecule has 2 fully saturated rings. The largest absolute Gasteiger partial charge is 0.484 e. The van der Waals surface area contributed by atoms with Crippen LogP contribution in [0.3, 0.4) is 0 Å². The van der Waals surface area contributed by atoms with Crippen molar-refractivity contribution in [2.45, 2.75) is 181 Å². The van der Waals surface area contributed by atoms with Crippen LogP contribution in [0.1, 0.15) is 132 Å². The van der Waals surface area contributed by atoms with Gasteiger partial charge in [0.15, 0.2) is 6.61 Å². The number of ether oxygens (including phenoxy) is 4. The third kappa shape index (κ3) is 19.1. The minimum atomic E-state index is -1.15. The Labute approximate surface area is 411 Å². The van der Waals surface area contributed by atoms with Crippen molar-refractivity contribution < 1.29 is 56.9 Å². The Balaban J connectivity index is 1.39. The number of nitrogens with one attached hydrogen (secondary N) is 6. The van der Waals surface area contributed by atoms with Crippen LogP contribution < -0.4 is 42.3 Å². The second-order valence-electron chi connectivity index (χ2n) is 20.6. The molecule has 0 spiro atoms. The van der Waals surface area contributed by atoms with Crippen molar-refractivity contribution in [3.63, 3.8) is 0 Å². The predicted octanol–water partition coefficient (Wildman–Crippen LogP) is 4.66. The normalized spacial score (nSPS) is 17.1. The molecular weight excluding hydrogens is 907 g/mol. The van der Waals surface area contributed by atoms with Gasteiger partial charge in [-0.1, -0.05) is 33.1 Å². The summed E-state index contributed by atoms with van der Waals surface area (Å²) in [5.74, 6) is -3.23. The van der Waals surface area contributed by atoms with Gasteiger partial charge in [-0.2, -0.15) is 0 Å². The number of unbranched alkanes of at least 4 members (excludes halogenated alkanes) is 1. The molecule has 5 atom stereocenters. The molecular formula is C50H77N7O13. The van der Waals surface area contributed by atoms with Crippen LogP contribution in [-0.4, -0.2) is 127 Å².